The van der Waals surface area contributed by atoms with Crippen LogP contribution in [0.5, 0.6) is 11.5 Å². The smallest absolute Gasteiger partial charge is 0.161 e. The Balaban J connectivity index is 2.03. The van der Waals surface area contributed by atoms with Crippen molar-refractivity contribution < 1.29 is 9.47 Å². The van der Waals surface area contributed by atoms with Gasteiger partial charge in [0.1, 0.15) is 0 Å². The maximum atomic E-state index is 5.67. The summed E-state index contributed by atoms with van der Waals surface area (Å²) in [4.78, 5) is 0. The van der Waals surface area contributed by atoms with Crippen molar-refractivity contribution in [3.8, 4) is 11.5 Å². The molecule has 2 rings (SSSR count). The molecule has 2 aromatic rings. The minimum Gasteiger partial charge on any atom is -0.493 e. The van der Waals surface area contributed by atoms with E-state index in [0.717, 1.165) is 35.7 Å². The molecule has 1 N–H and O–H groups in total. The Morgan fingerprint density at radius 2 is 1.90 bits per heavy atom. The highest BCUT2D eigenvalue weighted by Gasteiger charge is 2.05. The molecule has 0 aliphatic heterocycles. The molecule has 0 saturated carbocycles. The molecule has 0 aliphatic carbocycles. The number of aryl methyl sites for hydroxylation is 1. The summed E-state index contributed by atoms with van der Waals surface area (Å²) in [7, 11) is 1.67. The van der Waals surface area contributed by atoms with Gasteiger partial charge in [0.05, 0.1) is 13.7 Å². The van der Waals surface area contributed by atoms with E-state index in [4.69, 9.17) is 9.47 Å². The standard InChI is InChI=1S/C18H23NO2/c1-4-10-21-17-9-8-15(12-18(17)20-3)13-19-16-7-5-6-14(2)11-16/h5-9,11-12,19H,4,10,13H2,1-3H3. The normalized spacial score (nSPS) is 10.2. The van der Waals surface area contributed by atoms with Crippen molar-refractivity contribution in [3.63, 3.8) is 0 Å². The first-order chi connectivity index (χ1) is 10.2. The van der Waals surface area contributed by atoms with E-state index in [1.54, 1.807) is 7.11 Å². The lowest BCUT2D eigenvalue weighted by atomic mass is 10.2. The summed E-state index contributed by atoms with van der Waals surface area (Å²) in [6.45, 7) is 5.64. The number of anilines is 1. The summed E-state index contributed by atoms with van der Waals surface area (Å²) in [5.74, 6) is 1.59. The van der Waals surface area contributed by atoms with Crippen LogP contribution >= 0.6 is 0 Å². The van der Waals surface area contributed by atoms with Gasteiger partial charge >= 0.3 is 0 Å². The van der Waals surface area contributed by atoms with Crippen molar-refractivity contribution in [2.45, 2.75) is 26.8 Å². The van der Waals surface area contributed by atoms with E-state index >= 15 is 0 Å². The van der Waals surface area contributed by atoms with E-state index < -0.39 is 0 Å². The SMILES string of the molecule is CCCOc1ccc(CNc2cccc(C)c2)cc1OC. The van der Waals surface area contributed by atoms with Gasteiger partial charge in [0.2, 0.25) is 0 Å². The van der Waals surface area contributed by atoms with Crippen LogP contribution in [0.4, 0.5) is 5.69 Å². The van der Waals surface area contributed by atoms with Gasteiger partial charge in [-0.05, 0) is 48.7 Å². The molecular formula is C18H23NO2. The predicted octanol–water partition coefficient (Wildman–Crippen LogP) is 4.40. The molecule has 0 atom stereocenters. The van der Waals surface area contributed by atoms with Gasteiger partial charge in [-0.15, -0.1) is 0 Å². The minimum absolute atomic E-state index is 0.706. The van der Waals surface area contributed by atoms with Gasteiger partial charge in [0.15, 0.2) is 11.5 Å². The molecule has 0 fully saturated rings. The molecule has 0 saturated heterocycles. The largest absolute Gasteiger partial charge is 0.493 e. The zero-order valence-electron chi connectivity index (χ0n) is 13.0. The van der Waals surface area contributed by atoms with Gasteiger partial charge in [-0.3, -0.25) is 0 Å². The summed E-state index contributed by atoms with van der Waals surface area (Å²) in [6.07, 6.45) is 0.986. The Morgan fingerprint density at radius 3 is 2.62 bits per heavy atom. The topological polar surface area (TPSA) is 30.5 Å². The third kappa shape index (κ3) is 4.42. The summed E-state index contributed by atoms with van der Waals surface area (Å²) in [6, 6.07) is 14.4. The summed E-state index contributed by atoms with van der Waals surface area (Å²) < 4.78 is 11.1. The van der Waals surface area contributed by atoms with Crippen LogP contribution in [0.15, 0.2) is 42.5 Å². The molecule has 0 radical (unpaired) electrons. The molecule has 0 bridgehead atoms. The fraction of sp³-hybridized carbons (Fsp3) is 0.333. The van der Waals surface area contributed by atoms with Crippen molar-refractivity contribution in [1.82, 2.24) is 0 Å². The second-order valence-electron chi connectivity index (χ2n) is 5.06. The first-order valence-electron chi connectivity index (χ1n) is 7.33. The van der Waals surface area contributed by atoms with Crippen molar-refractivity contribution in [1.29, 1.82) is 0 Å². The van der Waals surface area contributed by atoms with Crippen LogP contribution in [0.3, 0.4) is 0 Å². The highest BCUT2D eigenvalue weighted by molar-refractivity contribution is 5.48. The molecule has 0 aliphatic rings. The molecule has 0 aromatic heterocycles. The van der Waals surface area contributed by atoms with Gasteiger partial charge in [0.25, 0.3) is 0 Å². The predicted molar refractivity (Wildman–Crippen MR) is 87.3 cm³/mol. The highest BCUT2D eigenvalue weighted by Crippen LogP contribution is 2.28. The zero-order valence-corrected chi connectivity index (χ0v) is 13.0. The van der Waals surface area contributed by atoms with Crippen LogP contribution in [0.1, 0.15) is 24.5 Å². The molecule has 0 amide bonds. The van der Waals surface area contributed by atoms with E-state index in [9.17, 15) is 0 Å². The average Bonchev–Trinajstić information content (AvgIpc) is 2.51. The number of nitrogens with one attached hydrogen (secondary N) is 1. The van der Waals surface area contributed by atoms with Crippen LogP contribution in [-0.4, -0.2) is 13.7 Å². The van der Waals surface area contributed by atoms with Gasteiger partial charge in [0, 0.05) is 12.2 Å². The summed E-state index contributed by atoms with van der Waals surface area (Å²) >= 11 is 0. The molecule has 2 aromatic carbocycles. The van der Waals surface area contributed by atoms with Crippen LogP contribution in [-0.2, 0) is 6.54 Å². The molecule has 3 heteroatoms. The Labute approximate surface area is 126 Å². The number of ether oxygens (including phenoxy) is 2. The maximum absolute atomic E-state index is 5.67. The van der Waals surface area contributed by atoms with Crippen LogP contribution in [0, 0.1) is 6.92 Å². The van der Waals surface area contributed by atoms with E-state index in [1.165, 1.54) is 5.56 Å². The second kappa shape index (κ2) is 7.58. The van der Waals surface area contributed by atoms with Gasteiger partial charge < -0.3 is 14.8 Å². The van der Waals surface area contributed by atoms with Gasteiger partial charge in [-0.2, -0.15) is 0 Å². The highest BCUT2D eigenvalue weighted by atomic mass is 16.5. The number of rotatable bonds is 7. The lowest BCUT2D eigenvalue weighted by molar-refractivity contribution is 0.294. The van der Waals surface area contributed by atoms with E-state index in [2.05, 4.69) is 49.5 Å². The zero-order chi connectivity index (χ0) is 15.1. The molecule has 21 heavy (non-hydrogen) atoms. The second-order valence-corrected chi connectivity index (χ2v) is 5.06. The van der Waals surface area contributed by atoms with Gasteiger partial charge in [-0.1, -0.05) is 25.1 Å². The average molecular weight is 285 g/mol. The van der Waals surface area contributed by atoms with E-state index in [-0.39, 0.29) is 0 Å². The fourth-order valence-electron chi connectivity index (χ4n) is 2.11. The number of benzene rings is 2. The molecule has 3 nitrogen and oxygen atoms in total. The third-order valence-electron chi connectivity index (χ3n) is 3.20. The molecular weight excluding hydrogens is 262 g/mol. The Kier molecular flexibility index (Phi) is 5.50. The third-order valence-corrected chi connectivity index (χ3v) is 3.20. The molecule has 0 spiro atoms. The van der Waals surface area contributed by atoms with Crippen LogP contribution in [0.25, 0.3) is 0 Å². The van der Waals surface area contributed by atoms with Crippen LogP contribution < -0.4 is 14.8 Å². The first kappa shape index (κ1) is 15.2. The van der Waals surface area contributed by atoms with E-state index in [1.807, 2.05) is 12.1 Å². The number of methoxy groups -OCH3 is 1. The van der Waals surface area contributed by atoms with Crippen LogP contribution in [0.2, 0.25) is 0 Å². The molecule has 0 heterocycles. The Morgan fingerprint density at radius 1 is 1.05 bits per heavy atom. The quantitative estimate of drug-likeness (QED) is 0.817. The molecule has 112 valence electrons. The van der Waals surface area contributed by atoms with Crippen molar-refractivity contribution >= 4 is 5.69 Å². The number of hydrogen-bond donors (Lipinski definition) is 1. The maximum Gasteiger partial charge on any atom is 0.161 e. The van der Waals surface area contributed by atoms with Crippen molar-refractivity contribution in [2.24, 2.45) is 0 Å². The van der Waals surface area contributed by atoms with E-state index in [0.29, 0.717) is 6.61 Å². The monoisotopic (exact) mass is 285 g/mol. The first-order valence-corrected chi connectivity index (χ1v) is 7.33. The van der Waals surface area contributed by atoms with Gasteiger partial charge in [-0.25, -0.2) is 0 Å². The summed E-state index contributed by atoms with van der Waals surface area (Å²) in [5, 5.41) is 3.42. The lowest BCUT2D eigenvalue weighted by Crippen LogP contribution is -2.02. The minimum atomic E-state index is 0.706. The number of hydrogen-bond acceptors (Lipinski definition) is 3. The van der Waals surface area contributed by atoms with Crippen molar-refractivity contribution in [2.75, 3.05) is 19.0 Å². The van der Waals surface area contributed by atoms with Crippen molar-refractivity contribution in [3.05, 3.63) is 53.6 Å². The Bertz CT molecular complexity index is 581. The summed E-state index contributed by atoms with van der Waals surface area (Å²) in [5.41, 5.74) is 3.54. The Hall–Kier alpha value is -2.16. The fourth-order valence-corrected chi connectivity index (χ4v) is 2.11. The lowest BCUT2D eigenvalue weighted by Gasteiger charge is -2.12. The molecule has 0 unspecified atom stereocenters.